The van der Waals surface area contributed by atoms with Crippen molar-refractivity contribution in [1.82, 2.24) is 4.57 Å². The molecule has 0 radical (unpaired) electrons. The predicted octanol–water partition coefficient (Wildman–Crippen LogP) is 2.82. The topological polar surface area (TPSA) is 46.7 Å². The quantitative estimate of drug-likeness (QED) is 0.594. The molecule has 0 amide bonds. The highest BCUT2D eigenvalue weighted by Crippen LogP contribution is 2.19. The van der Waals surface area contributed by atoms with Crippen LogP contribution in [0.5, 0.6) is 0 Å². The van der Waals surface area contributed by atoms with Crippen molar-refractivity contribution in [2.24, 2.45) is 10.4 Å². The summed E-state index contributed by atoms with van der Waals surface area (Å²) in [5.41, 5.74) is 2.18. The van der Waals surface area contributed by atoms with Gasteiger partial charge in [-0.15, -0.1) is 16.2 Å². The van der Waals surface area contributed by atoms with Crippen molar-refractivity contribution < 1.29 is 0 Å². The number of rotatable bonds is 3. The highest BCUT2D eigenvalue weighted by molar-refractivity contribution is 7.07. The molecule has 0 aliphatic rings. The Morgan fingerprint density at radius 1 is 1.31 bits per heavy atom. The van der Waals surface area contributed by atoms with E-state index in [9.17, 15) is 4.91 Å². The molecule has 82 valence electrons. The third-order valence-corrected chi connectivity index (χ3v) is 3.16. The summed E-state index contributed by atoms with van der Waals surface area (Å²) in [5, 5.41) is 8.15. The minimum absolute atomic E-state index is 0.636. The molecule has 2 rings (SSSR count). The van der Waals surface area contributed by atoms with E-state index >= 15 is 0 Å². The molecule has 1 aromatic carbocycles. The zero-order valence-electron chi connectivity index (χ0n) is 8.83. The van der Waals surface area contributed by atoms with Crippen LogP contribution in [0.25, 0.3) is 11.3 Å². The second-order valence-electron chi connectivity index (χ2n) is 3.20. The van der Waals surface area contributed by atoms with E-state index in [2.05, 4.69) is 10.4 Å². The number of hydrogen-bond acceptors (Lipinski definition) is 3. The molecule has 2 aromatic rings. The minimum atomic E-state index is 0.636. The minimum Gasteiger partial charge on any atom is -0.315 e. The van der Waals surface area contributed by atoms with Crippen molar-refractivity contribution in [1.29, 1.82) is 0 Å². The lowest BCUT2D eigenvalue weighted by Gasteiger charge is -2.04. The number of nitroso groups, excluding NO2 is 1. The zero-order chi connectivity index (χ0) is 11.4. The maximum absolute atomic E-state index is 10.2. The van der Waals surface area contributed by atoms with Gasteiger partial charge in [-0.05, 0) is 12.5 Å². The normalized spacial score (nSPS) is 11.7. The Morgan fingerprint density at radius 3 is 2.69 bits per heavy atom. The Balaban J connectivity index is 2.59. The van der Waals surface area contributed by atoms with Gasteiger partial charge in [-0.25, -0.2) is 0 Å². The maximum Gasteiger partial charge on any atom is 0.214 e. The molecule has 5 heteroatoms. The van der Waals surface area contributed by atoms with Gasteiger partial charge in [-0.2, -0.15) is 0 Å². The fourth-order valence-corrected chi connectivity index (χ4v) is 2.51. The molecule has 0 atom stereocenters. The van der Waals surface area contributed by atoms with E-state index in [0.717, 1.165) is 17.8 Å². The van der Waals surface area contributed by atoms with Crippen LogP contribution in [0.2, 0.25) is 0 Å². The van der Waals surface area contributed by atoms with Crippen LogP contribution in [0.1, 0.15) is 6.92 Å². The SMILES string of the molecule is CCn1c(-c2ccccc2)cs/c1=N/N=O. The second kappa shape index (κ2) is 4.85. The van der Waals surface area contributed by atoms with E-state index in [4.69, 9.17) is 0 Å². The van der Waals surface area contributed by atoms with E-state index in [1.807, 2.05) is 47.2 Å². The molecular formula is C11H11N3OS. The Bertz CT molecular complexity index is 542. The molecule has 1 heterocycles. The molecule has 0 aliphatic carbocycles. The molecule has 4 nitrogen and oxygen atoms in total. The first-order valence-corrected chi connectivity index (χ1v) is 5.85. The number of hydrogen-bond donors (Lipinski definition) is 0. The predicted molar refractivity (Wildman–Crippen MR) is 64.8 cm³/mol. The third kappa shape index (κ3) is 1.94. The highest BCUT2D eigenvalue weighted by Gasteiger charge is 2.05. The van der Waals surface area contributed by atoms with Gasteiger partial charge in [0.25, 0.3) is 0 Å². The van der Waals surface area contributed by atoms with E-state index in [1.54, 1.807) is 0 Å². The Hall–Kier alpha value is -1.75. The van der Waals surface area contributed by atoms with E-state index < -0.39 is 0 Å². The summed E-state index contributed by atoms with van der Waals surface area (Å²) in [4.78, 5) is 10.8. The van der Waals surface area contributed by atoms with Gasteiger partial charge in [0.05, 0.1) is 11.0 Å². The van der Waals surface area contributed by atoms with Gasteiger partial charge in [0, 0.05) is 11.9 Å². The molecule has 0 saturated heterocycles. The van der Waals surface area contributed by atoms with Crippen LogP contribution >= 0.6 is 11.3 Å². The van der Waals surface area contributed by atoms with Crippen molar-refractivity contribution in [3.8, 4) is 11.3 Å². The first kappa shape index (κ1) is 10.8. The van der Waals surface area contributed by atoms with Crippen LogP contribution in [0, 0.1) is 4.91 Å². The lowest BCUT2D eigenvalue weighted by molar-refractivity contribution is 0.736. The van der Waals surface area contributed by atoms with Gasteiger partial charge in [0.15, 0.2) is 0 Å². The van der Waals surface area contributed by atoms with Crippen molar-refractivity contribution in [2.75, 3.05) is 0 Å². The molecule has 0 fully saturated rings. The summed E-state index contributed by atoms with van der Waals surface area (Å²) in [6, 6.07) is 10.0. The van der Waals surface area contributed by atoms with Crippen LogP contribution in [0.3, 0.4) is 0 Å². The summed E-state index contributed by atoms with van der Waals surface area (Å²) in [6.45, 7) is 2.78. The molecular weight excluding hydrogens is 222 g/mol. The van der Waals surface area contributed by atoms with Crippen LogP contribution in [-0.2, 0) is 6.54 Å². The molecule has 0 saturated carbocycles. The fraction of sp³-hybridized carbons (Fsp3) is 0.182. The Morgan fingerprint density at radius 2 is 2.06 bits per heavy atom. The summed E-state index contributed by atoms with van der Waals surface area (Å²) < 4.78 is 1.97. The van der Waals surface area contributed by atoms with Gasteiger partial charge >= 0.3 is 0 Å². The Labute approximate surface area is 96.8 Å². The first-order chi connectivity index (χ1) is 7.86. The Kier molecular flexibility index (Phi) is 3.26. The molecule has 0 spiro atoms. The van der Waals surface area contributed by atoms with Crippen LogP contribution in [0.15, 0.2) is 46.1 Å². The number of aromatic nitrogens is 1. The van der Waals surface area contributed by atoms with Crippen LogP contribution in [0.4, 0.5) is 0 Å². The average molecular weight is 233 g/mol. The highest BCUT2D eigenvalue weighted by atomic mass is 32.1. The zero-order valence-corrected chi connectivity index (χ0v) is 9.65. The molecule has 1 aromatic heterocycles. The van der Waals surface area contributed by atoms with Crippen LogP contribution in [-0.4, -0.2) is 4.57 Å². The van der Waals surface area contributed by atoms with E-state index in [0.29, 0.717) is 4.80 Å². The maximum atomic E-state index is 10.2. The van der Waals surface area contributed by atoms with Crippen LogP contribution < -0.4 is 4.80 Å². The third-order valence-electron chi connectivity index (χ3n) is 2.31. The van der Waals surface area contributed by atoms with Crippen molar-refractivity contribution in [3.05, 3.63) is 45.4 Å². The van der Waals surface area contributed by atoms with Crippen molar-refractivity contribution in [3.63, 3.8) is 0 Å². The number of benzene rings is 1. The monoisotopic (exact) mass is 233 g/mol. The summed E-state index contributed by atoms with van der Waals surface area (Å²) >= 11 is 1.42. The molecule has 0 bridgehead atoms. The largest absolute Gasteiger partial charge is 0.315 e. The fourth-order valence-electron chi connectivity index (χ4n) is 1.59. The molecule has 0 aliphatic heterocycles. The molecule has 0 N–H and O–H groups in total. The van der Waals surface area contributed by atoms with Gasteiger partial charge < -0.3 is 4.57 Å². The second-order valence-corrected chi connectivity index (χ2v) is 4.03. The van der Waals surface area contributed by atoms with Crippen molar-refractivity contribution >= 4 is 11.3 Å². The first-order valence-electron chi connectivity index (χ1n) is 4.97. The van der Waals surface area contributed by atoms with E-state index in [1.165, 1.54) is 11.3 Å². The van der Waals surface area contributed by atoms with Gasteiger partial charge in [-0.3, -0.25) is 0 Å². The smallest absolute Gasteiger partial charge is 0.214 e. The summed E-state index contributed by atoms with van der Waals surface area (Å²) in [5.74, 6) is 0. The molecule has 0 unspecified atom stereocenters. The number of thiazole rings is 1. The molecule has 16 heavy (non-hydrogen) atoms. The lowest BCUT2D eigenvalue weighted by atomic mass is 10.2. The van der Waals surface area contributed by atoms with Gasteiger partial charge in [0.1, 0.15) is 0 Å². The standard InChI is InChI=1S/C11H11N3OS/c1-2-14-10(8-16-11(14)12-13-15)9-6-4-3-5-7-9/h3-8H,2H2,1H3/b12-11+. The average Bonchev–Trinajstić information content (AvgIpc) is 2.73. The summed E-state index contributed by atoms with van der Waals surface area (Å²) in [7, 11) is 0. The lowest BCUT2D eigenvalue weighted by Crippen LogP contribution is -2.13. The summed E-state index contributed by atoms with van der Waals surface area (Å²) in [6.07, 6.45) is 0. The number of nitrogens with zero attached hydrogens (tertiary/aromatic N) is 3. The van der Waals surface area contributed by atoms with E-state index in [-0.39, 0.29) is 0 Å². The van der Waals surface area contributed by atoms with Gasteiger partial charge in [-0.1, -0.05) is 35.4 Å². The van der Waals surface area contributed by atoms with Crippen molar-refractivity contribution in [2.45, 2.75) is 13.5 Å². The van der Waals surface area contributed by atoms with Gasteiger partial charge in [0.2, 0.25) is 4.80 Å².